The standard InChI is InChI=1S/C12H16BrNOS/c13-10-4-1-3-9(7-10)8-14-12(15)11-5-2-6-16-11/h2,5-6,9-10H,1,3-4,7-8H2,(H,14,15). The molecule has 0 spiro atoms. The zero-order chi connectivity index (χ0) is 11.4. The van der Waals surface area contributed by atoms with E-state index in [-0.39, 0.29) is 5.91 Å². The van der Waals surface area contributed by atoms with Crippen molar-refractivity contribution in [2.75, 3.05) is 6.54 Å². The Labute approximate surface area is 109 Å². The Morgan fingerprint density at radius 1 is 1.56 bits per heavy atom. The van der Waals surface area contributed by atoms with E-state index >= 15 is 0 Å². The van der Waals surface area contributed by atoms with Crippen LogP contribution < -0.4 is 5.32 Å². The minimum Gasteiger partial charge on any atom is -0.351 e. The summed E-state index contributed by atoms with van der Waals surface area (Å²) in [5.74, 6) is 0.716. The maximum absolute atomic E-state index is 11.7. The van der Waals surface area contributed by atoms with Crippen molar-refractivity contribution in [2.24, 2.45) is 5.92 Å². The second-order valence-electron chi connectivity index (χ2n) is 4.32. The molecule has 88 valence electrons. The topological polar surface area (TPSA) is 29.1 Å². The van der Waals surface area contributed by atoms with Gasteiger partial charge < -0.3 is 5.32 Å². The number of nitrogens with one attached hydrogen (secondary N) is 1. The molecule has 2 atom stereocenters. The Morgan fingerprint density at radius 2 is 2.44 bits per heavy atom. The summed E-state index contributed by atoms with van der Waals surface area (Å²) >= 11 is 5.16. The molecule has 0 aliphatic heterocycles. The van der Waals surface area contributed by atoms with Crippen molar-refractivity contribution in [1.82, 2.24) is 5.32 Å². The van der Waals surface area contributed by atoms with Crippen LogP contribution in [-0.4, -0.2) is 17.3 Å². The van der Waals surface area contributed by atoms with Gasteiger partial charge >= 0.3 is 0 Å². The van der Waals surface area contributed by atoms with Gasteiger partial charge in [-0.25, -0.2) is 0 Å². The summed E-state index contributed by atoms with van der Waals surface area (Å²) < 4.78 is 0. The highest BCUT2D eigenvalue weighted by Gasteiger charge is 2.20. The Morgan fingerprint density at radius 3 is 3.12 bits per heavy atom. The van der Waals surface area contributed by atoms with Crippen molar-refractivity contribution >= 4 is 33.2 Å². The molecular formula is C12H16BrNOS. The van der Waals surface area contributed by atoms with Crippen molar-refractivity contribution < 1.29 is 4.79 Å². The zero-order valence-corrected chi connectivity index (χ0v) is 11.5. The van der Waals surface area contributed by atoms with E-state index in [9.17, 15) is 4.79 Å². The first-order valence-electron chi connectivity index (χ1n) is 5.71. The third kappa shape index (κ3) is 3.32. The fourth-order valence-corrected chi connectivity index (χ4v) is 3.64. The minimum atomic E-state index is 0.0756. The number of hydrogen-bond acceptors (Lipinski definition) is 2. The second kappa shape index (κ2) is 5.82. The molecule has 4 heteroatoms. The molecule has 1 aromatic rings. The highest BCUT2D eigenvalue weighted by Crippen LogP contribution is 2.28. The Kier molecular flexibility index (Phi) is 4.41. The van der Waals surface area contributed by atoms with E-state index in [1.807, 2.05) is 17.5 Å². The molecule has 1 aliphatic carbocycles. The summed E-state index contributed by atoms with van der Waals surface area (Å²) in [5, 5.41) is 4.96. The first-order valence-corrected chi connectivity index (χ1v) is 7.51. The molecule has 2 unspecified atom stereocenters. The smallest absolute Gasteiger partial charge is 0.261 e. The third-order valence-corrected chi connectivity index (χ3v) is 4.72. The molecule has 0 radical (unpaired) electrons. The average molecular weight is 302 g/mol. The fraction of sp³-hybridized carbons (Fsp3) is 0.583. The quantitative estimate of drug-likeness (QED) is 0.852. The van der Waals surface area contributed by atoms with E-state index in [4.69, 9.17) is 0 Å². The van der Waals surface area contributed by atoms with Gasteiger partial charge in [0, 0.05) is 11.4 Å². The van der Waals surface area contributed by atoms with Crippen LogP contribution in [0.2, 0.25) is 0 Å². The number of amides is 1. The van der Waals surface area contributed by atoms with Gasteiger partial charge in [0.15, 0.2) is 0 Å². The van der Waals surface area contributed by atoms with Crippen LogP contribution in [0.25, 0.3) is 0 Å². The largest absolute Gasteiger partial charge is 0.351 e. The van der Waals surface area contributed by atoms with Gasteiger partial charge in [0.1, 0.15) is 0 Å². The summed E-state index contributed by atoms with van der Waals surface area (Å²) in [6.45, 7) is 0.818. The molecule has 2 nitrogen and oxygen atoms in total. The Bertz CT molecular complexity index is 339. The van der Waals surface area contributed by atoms with Crippen LogP contribution in [0.1, 0.15) is 35.4 Å². The van der Waals surface area contributed by atoms with E-state index < -0.39 is 0 Å². The number of carbonyl (C=O) groups is 1. The van der Waals surface area contributed by atoms with E-state index in [2.05, 4.69) is 21.2 Å². The van der Waals surface area contributed by atoms with E-state index in [1.54, 1.807) is 0 Å². The summed E-state index contributed by atoms with van der Waals surface area (Å²) in [5.41, 5.74) is 0. The maximum Gasteiger partial charge on any atom is 0.261 e. The fourth-order valence-electron chi connectivity index (χ4n) is 2.14. The molecule has 1 saturated carbocycles. The molecule has 1 aromatic heterocycles. The molecule has 1 aliphatic rings. The highest BCUT2D eigenvalue weighted by atomic mass is 79.9. The van der Waals surface area contributed by atoms with Crippen LogP contribution in [0.15, 0.2) is 17.5 Å². The molecule has 1 heterocycles. The molecular weight excluding hydrogens is 286 g/mol. The first kappa shape index (κ1) is 12.1. The number of rotatable bonds is 3. The summed E-state index contributed by atoms with van der Waals surface area (Å²) in [7, 11) is 0. The molecule has 0 bridgehead atoms. The predicted octanol–water partition coefficient (Wildman–Crippen LogP) is 3.43. The predicted molar refractivity (Wildman–Crippen MR) is 71.3 cm³/mol. The van der Waals surface area contributed by atoms with Crippen LogP contribution in [-0.2, 0) is 0 Å². The summed E-state index contributed by atoms with van der Waals surface area (Å²) in [6.07, 6.45) is 4.97. The van der Waals surface area contributed by atoms with E-state index in [1.165, 1.54) is 37.0 Å². The van der Waals surface area contributed by atoms with Gasteiger partial charge in [-0.15, -0.1) is 11.3 Å². The minimum absolute atomic E-state index is 0.0756. The lowest BCUT2D eigenvalue weighted by Gasteiger charge is -2.25. The Hall–Kier alpha value is -0.350. The lowest BCUT2D eigenvalue weighted by molar-refractivity contribution is 0.0948. The van der Waals surface area contributed by atoms with E-state index in [0.29, 0.717) is 10.7 Å². The van der Waals surface area contributed by atoms with Crippen molar-refractivity contribution in [3.63, 3.8) is 0 Å². The Balaban J connectivity index is 1.77. The summed E-state index contributed by atoms with van der Waals surface area (Å²) in [4.78, 5) is 13.2. The van der Waals surface area contributed by atoms with Crippen LogP contribution in [0.4, 0.5) is 0 Å². The van der Waals surface area contributed by atoms with Crippen LogP contribution in [0.3, 0.4) is 0 Å². The van der Waals surface area contributed by atoms with Gasteiger partial charge in [-0.1, -0.05) is 28.4 Å². The lowest BCUT2D eigenvalue weighted by atomic mass is 9.89. The molecule has 1 amide bonds. The summed E-state index contributed by atoms with van der Waals surface area (Å²) in [6, 6.07) is 3.78. The van der Waals surface area contributed by atoms with Crippen LogP contribution in [0.5, 0.6) is 0 Å². The first-order chi connectivity index (χ1) is 7.75. The van der Waals surface area contributed by atoms with Gasteiger partial charge in [-0.3, -0.25) is 4.79 Å². The molecule has 1 N–H and O–H groups in total. The average Bonchev–Trinajstić information content (AvgIpc) is 2.79. The number of carbonyl (C=O) groups excluding carboxylic acids is 1. The van der Waals surface area contributed by atoms with Gasteiger partial charge in [0.2, 0.25) is 0 Å². The van der Waals surface area contributed by atoms with Gasteiger partial charge in [-0.2, -0.15) is 0 Å². The number of alkyl halides is 1. The van der Waals surface area contributed by atoms with Crippen molar-refractivity contribution in [1.29, 1.82) is 0 Å². The zero-order valence-electron chi connectivity index (χ0n) is 9.12. The molecule has 1 fully saturated rings. The van der Waals surface area contributed by atoms with E-state index in [0.717, 1.165) is 11.4 Å². The molecule has 2 rings (SSSR count). The normalized spacial score (nSPS) is 25.3. The molecule has 0 aromatic carbocycles. The molecule has 0 saturated heterocycles. The van der Waals surface area contributed by atoms with Crippen molar-refractivity contribution in [3.05, 3.63) is 22.4 Å². The maximum atomic E-state index is 11.7. The third-order valence-electron chi connectivity index (χ3n) is 3.02. The van der Waals surface area contributed by atoms with Gasteiger partial charge in [0.05, 0.1) is 4.88 Å². The van der Waals surface area contributed by atoms with Crippen molar-refractivity contribution in [2.45, 2.75) is 30.5 Å². The highest BCUT2D eigenvalue weighted by molar-refractivity contribution is 9.09. The number of halogens is 1. The lowest BCUT2D eigenvalue weighted by Crippen LogP contribution is -2.31. The van der Waals surface area contributed by atoms with Gasteiger partial charge in [-0.05, 0) is 36.6 Å². The molecule has 16 heavy (non-hydrogen) atoms. The van der Waals surface area contributed by atoms with Crippen LogP contribution in [0, 0.1) is 5.92 Å². The number of thiophene rings is 1. The second-order valence-corrected chi connectivity index (χ2v) is 6.56. The van der Waals surface area contributed by atoms with Crippen LogP contribution >= 0.6 is 27.3 Å². The number of hydrogen-bond donors (Lipinski definition) is 1. The SMILES string of the molecule is O=C(NCC1CCCC(Br)C1)c1cccs1. The van der Waals surface area contributed by atoms with Crippen molar-refractivity contribution in [3.8, 4) is 0 Å². The van der Waals surface area contributed by atoms with Gasteiger partial charge in [0.25, 0.3) is 5.91 Å². The monoisotopic (exact) mass is 301 g/mol.